The number of carbonyl (C=O) groups is 1. The lowest BCUT2D eigenvalue weighted by Gasteiger charge is -1.99. The van der Waals surface area contributed by atoms with Gasteiger partial charge in [0.2, 0.25) is 0 Å². The molecule has 114 valence electrons. The highest BCUT2D eigenvalue weighted by Crippen LogP contribution is 2.09. The largest absolute Gasteiger partial charge is 0.478 e. The summed E-state index contributed by atoms with van der Waals surface area (Å²) in [5.74, 6) is -0.970. The summed E-state index contributed by atoms with van der Waals surface area (Å²) in [5, 5.41) is 13.9. The van der Waals surface area contributed by atoms with Gasteiger partial charge in [0.15, 0.2) is 0 Å². The van der Waals surface area contributed by atoms with E-state index in [-0.39, 0.29) is 18.0 Å². The molecule has 0 saturated carbocycles. The van der Waals surface area contributed by atoms with E-state index in [1.807, 2.05) is 36.6 Å². The van der Waals surface area contributed by atoms with Crippen molar-refractivity contribution in [3.8, 4) is 0 Å². The average Bonchev–Trinajstić information content (AvgIpc) is 2.95. The van der Waals surface area contributed by atoms with Gasteiger partial charge < -0.3 is 10.1 Å². The van der Waals surface area contributed by atoms with E-state index in [4.69, 9.17) is 5.11 Å². The van der Waals surface area contributed by atoms with E-state index in [0.717, 1.165) is 31.9 Å². The first-order valence-corrected chi connectivity index (χ1v) is 6.92. The highest BCUT2D eigenvalue weighted by molar-refractivity contribution is 5.87. The molecule has 1 aromatic carbocycles. The molecule has 2 N–H and O–H groups in total. The van der Waals surface area contributed by atoms with Crippen molar-refractivity contribution in [1.29, 1.82) is 0 Å². The molecular formula is C18H13ClN2O2. The second-order valence-corrected chi connectivity index (χ2v) is 5.19. The van der Waals surface area contributed by atoms with Crippen molar-refractivity contribution in [2.45, 2.75) is 0 Å². The van der Waals surface area contributed by atoms with Gasteiger partial charge in [-0.05, 0) is 29.5 Å². The summed E-state index contributed by atoms with van der Waals surface area (Å²) in [6.07, 6.45) is 11.1. The molecule has 5 heteroatoms. The molecule has 0 amide bonds. The maximum atomic E-state index is 11.1. The van der Waals surface area contributed by atoms with Crippen LogP contribution < -0.4 is 10.4 Å². The van der Waals surface area contributed by atoms with Gasteiger partial charge in [-0.15, -0.1) is 12.4 Å². The molecule has 4 rings (SSSR count). The topological polar surface area (TPSA) is 66.0 Å². The van der Waals surface area contributed by atoms with Gasteiger partial charge in [-0.2, -0.15) is 0 Å². The van der Waals surface area contributed by atoms with Crippen LogP contribution in [0.5, 0.6) is 0 Å². The van der Waals surface area contributed by atoms with E-state index < -0.39 is 5.97 Å². The average molecular weight is 325 g/mol. The Bertz CT molecular complexity index is 1160. The molecule has 0 bridgehead atoms. The van der Waals surface area contributed by atoms with Gasteiger partial charge >= 0.3 is 5.97 Å². The van der Waals surface area contributed by atoms with Crippen molar-refractivity contribution in [3.05, 3.63) is 75.4 Å². The van der Waals surface area contributed by atoms with Crippen LogP contribution in [-0.2, 0) is 0 Å². The molecule has 0 radical (unpaired) electrons. The van der Waals surface area contributed by atoms with Crippen LogP contribution in [0.15, 0.2) is 48.8 Å². The first kappa shape index (κ1) is 15.1. The van der Waals surface area contributed by atoms with Crippen LogP contribution in [0.25, 0.3) is 23.1 Å². The van der Waals surface area contributed by atoms with Crippen LogP contribution in [-0.4, -0.2) is 21.0 Å². The minimum atomic E-state index is -0.970. The first-order valence-electron chi connectivity index (χ1n) is 6.92. The fourth-order valence-corrected chi connectivity index (χ4v) is 2.73. The summed E-state index contributed by atoms with van der Waals surface area (Å²) in [6, 6.07) is 7.83. The third kappa shape index (κ3) is 2.53. The van der Waals surface area contributed by atoms with Crippen LogP contribution in [0, 0.1) is 10.6 Å². The number of allylic oxidation sites excluding steroid dienone is 2. The maximum absolute atomic E-state index is 11.1. The second kappa shape index (κ2) is 5.74. The summed E-state index contributed by atoms with van der Waals surface area (Å²) in [5.41, 5.74) is 1.26. The number of carboxylic acids is 1. The first-order chi connectivity index (χ1) is 10.7. The van der Waals surface area contributed by atoms with Crippen molar-refractivity contribution in [1.82, 2.24) is 9.97 Å². The number of nitrogens with one attached hydrogen (secondary N) is 1. The summed E-state index contributed by atoms with van der Waals surface area (Å²) < 4.78 is 0. The van der Waals surface area contributed by atoms with Crippen molar-refractivity contribution in [2.24, 2.45) is 0 Å². The standard InChI is InChI=1S/C18H12N2O2.ClH/c21-18(22)14-7-13-4-2-1-3-11-9-16-12(5-6-19-16)8-15(11)17(13)20-10-14;/h1-10,19H,(H,21,22);1H/b2-1-,3-1?,4-2?,11-3-,13-4-,17-15+;. The Hall–Kier alpha value is -2.85. The van der Waals surface area contributed by atoms with Gasteiger partial charge in [0.25, 0.3) is 0 Å². The zero-order valence-electron chi connectivity index (χ0n) is 12.0. The number of aromatic nitrogens is 2. The number of halogens is 1. The van der Waals surface area contributed by atoms with Crippen LogP contribution >= 0.6 is 12.4 Å². The van der Waals surface area contributed by atoms with Crippen molar-refractivity contribution in [2.75, 3.05) is 0 Å². The number of nitrogens with zero attached hydrogens (tertiary/aromatic N) is 1. The molecule has 3 aromatic rings. The minimum absolute atomic E-state index is 0. The Morgan fingerprint density at radius 2 is 1.87 bits per heavy atom. The molecule has 0 unspecified atom stereocenters. The van der Waals surface area contributed by atoms with Crippen LogP contribution in [0.2, 0.25) is 0 Å². The zero-order chi connectivity index (χ0) is 15.1. The Kier molecular flexibility index (Phi) is 3.76. The number of pyridine rings is 1. The van der Waals surface area contributed by atoms with E-state index in [1.54, 1.807) is 6.07 Å². The zero-order valence-corrected chi connectivity index (χ0v) is 12.8. The summed E-state index contributed by atoms with van der Waals surface area (Å²) >= 11 is 0. The van der Waals surface area contributed by atoms with Crippen LogP contribution in [0.4, 0.5) is 0 Å². The normalized spacial score (nSPS) is 17.9. The number of aromatic amines is 1. The molecule has 4 nitrogen and oxygen atoms in total. The molecule has 0 fully saturated rings. The van der Waals surface area contributed by atoms with Crippen molar-refractivity contribution >= 4 is 41.4 Å². The van der Waals surface area contributed by atoms with Crippen LogP contribution in [0.1, 0.15) is 10.4 Å². The molecule has 23 heavy (non-hydrogen) atoms. The van der Waals surface area contributed by atoms with E-state index >= 15 is 0 Å². The van der Waals surface area contributed by atoms with E-state index in [9.17, 15) is 4.79 Å². The molecule has 0 spiro atoms. The van der Waals surface area contributed by atoms with Gasteiger partial charge in [0.05, 0.1) is 10.9 Å². The van der Waals surface area contributed by atoms with Gasteiger partial charge in [-0.1, -0.05) is 24.3 Å². The SMILES string of the molecule is Cl.O=C(O)c1cnc2/c(c1)=C\C=C/C=c1/cc3[nH]ccc3c/c1=2. The number of benzene rings is 1. The smallest absolute Gasteiger partial charge is 0.337 e. The van der Waals surface area contributed by atoms with Crippen molar-refractivity contribution in [3.63, 3.8) is 0 Å². The summed E-state index contributed by atoms with van der Waals surface area (Å²) in [6.45, 7) is 0. The molecule has 2 heterocycles. The monoisotopic (exact) mass is 324 g/mol. The molecule has 0 aliphatic heterocycles. The predicted octanol–water partition coefficient (Wildman–Crippen LogP) is 2.10. The third-order valence-corrected chi connectivity index (χ3v) is 3.81. The molecule has 0 saturated heterocycles. The maximum Gasteiger partial charge on any atom is 0.337 e. The highest BCUT2D eigenvalue weighted by Gasteiger charge is 2.04. The number of fused-ring (bicyclic) bond motifs is 3. The van der Waals surface area contributed by atoms with Gasteiger partial charge in [0.1, 0.15) is 0 Å². The van der Waals surface area contributed by atoms with Crippen LogP contribution in [0.3, 0.4) is 0 Å². The molecule has 1 aliphatic carbocycles. The number of H-pyrrole nitrogens is 1. The quantitative estimate of drug-likeness (QED) is 0.720. The fraction of sp³-hybridized carbons (Fsp3) is 0. The summed E-state index contributed by atoms with van der Waals surface area (Å²) in [7, 11) is 0. The molecular weight excluding hydrogens is 312 g/mol. The number of rotatable bonds is 1. The van der Waals surface area contributed by atoms with Gasteiger partial charge in [-0.25, -0.2) is 4.79 Å². The van der Waals surface area contributed by atoms with Gasteiger partial charge in [-0.3, -0.25) is 4.98 Å². The predicted molar refractivity (Wildman–Crippen MR) is 91.7 cm³/mol. The van der Waals surface area contributed by atoms with Gasteiger partial charge in [0, 0.05) is 33.7 Å². The summed E-state index contributed by atoms with van der Waals surface area (Å²) in [4.78, 5) is 18.7. The Labute approximate surface area is 137 Å². The Morgan fingerprint density at radius 1 is 1.09 bits per heavy atom. The lowest BCUT2D eigenvalue weighted by atomic mass is 10.1. The third-order valence-electron chi connectivity index (χ3n) is 3.81. The number of carboxylic acid groups (broad SMARTS) is 1. The molecule has 1 aliphatic rings. The van der Waals surface area contributed by atoms with E-state index in [0.29, 0.717) is 0 Å². The lowest BCUT2D eigenvalue weighted by molar-refractivity contribution is 0.0696. The number of aromatic carboxylic acids is 1. The second-order valence-electron chi connectivity index (χ2n) is 5.19. The lowest BCUT2D eigenvalue weighted by Crippen LogP contribution is -2.15. The van der Waals surface area contributed by atoms with Crippen molar-refractivity contribution < 1.29 is 9.90 Å². The van der Waals surface area contributed by atoms with E-state index in [2.05, 4.69) is 22.1 Å². The molecule has 0 atom stereocenters. The number of hydrogen-bond acceptors (Lipinski definition) is 2. The highest BCUT2D eigenvalue weighted by atomic mass is 35.5. The number of hydrogen-bond donors (Lipinski definition) is 2. The van der Waals surface area contributed by atoms with E-state index in [1.165, 1.54) is 6.20 Å². The Balaban J connectivity index is 0.00000156. The molecule has 2 aromatic heterocycles. The fourth-order valence-electron chi connectivity index (χ4n) is 2.73. The minimum Gasteiger partial charge on any atom is -0.478 e. The Morgan fingerprint density at radius 3 is 2.65 bits per heavy atom.